The number of aliphatic hydroxyl groups excluding tert-OH is 1. The van der Waals surface area contributed by atoms with Gasteiger partial charge in [-0.1, -0.05) is 6.92 Å². The van der Waals surface area contributed by atoms with Crippen LogP contribution in [0.25, 0.3) is 0 Å². The van der Waals surface area contributed by atoms with E-state index in [1.54, 1.807) is 30.0 Å². The highest BCUT2D eigenvalue weighted by atomic mass is 32.2. The molecule has 0 saturated heterocycles. The van der Waals surface area contributed by atoms with Crippen molar-refractivity contribution in [2.45, 2.75) is 52.3 Å². The maximum absolute atomic E-state index is 13.1. The minimum Gasteiger partial charge on any atom is -0.488 e. The van der Waals surface area contributed by atoms with Crippen LogP contribution in [0.3, 0.4) is 0 Å². The molecule has 1 heterocycles. The van der Waals surface area contributed by atoms with Gasteiger partial charge in [-0.2, -0.15) is 0 Å². The molecule has 0 fully saturated rings. The molecule has 33 heavy (non-hydrogen) atoms. The van der Waals surface area contributed by atoms with Crippen molar-refractivity contribution in [2.75, 3.05) is 38.3 Å². The van der Waals surface area contributed by atoms with Gasteiger partial charge in [-0.15, -0.1) is 0 Å². The molecule has 0 aromatic heterocycles. The Labute approximate surface area is 196 Å². The first-order valence-electron chi connectivity index (χ1n) is 11.0. The number of carbonyl (C=O) groups excluding carboxylic acids is 2. The summed E-state index contributed by atoms with van der Waals surface area (Å²) < 4.78 is 31.5. The largest absolute Gasteiger partial charge is 0.488 e. The summed E-state index contributed by atoms with van der Waals surface area (Å²) in [7, 11) is -1.95. The fraction of sp³-hybridized carbons (Fsp3) is 0.636. The molecule has 3 atom stereocenters. The number of aliphatic hydroxyl groups is 1. The van der Waals surface area contributed by atoms with Crippen molar-refractivity contribution in [2.24, 2.45) is 5.92 Å². The summed E-state index contributed by atoms with van der Waals surface area (Å²) in [6, 6.07) is 4.23. The second kappa shape index (κ2) is 11.2. The number of fused-ring (bicyclic) bond motifs is 1. The molecule has 0 saturated carbocycles. The predicted octanol–water partition coefficient (Wildman–Crippen LogP) is 1.26. The van der Waals surface area contributed by atoms with Crippen LogP contribution in [-0.2, 0) is 21.2 Å². The van der Waals surface area contributed by atoms with E-state index in [1.807, 2.05) is 20.8 Å². The summed E-state index contributed by atoms with van der Waals surface area (Å²) in [6.45, 7) is 7.56. The first-order valence-corrected chi connectivity index (χ1v) is 12.8. The lowest BCUT2D eigenvalue weighted by atomic mass is 10.0. The Hall–Kier alpha value is -2.37. The van der Waals surface area contributed by atoms with Crippen molar-refractivity contribution in [1.29, 1.82) is 0 Å². The predicted molar refractivity (Wildman–Crippen MR) is 127 cm³/mol. The van der Waals surface area contributed by atoms with Crippen molar-refractivity contribution >= 4 is 27.6 Å². The molecule has 11 heteroatoms. The van der Waals surface area contributed by atoms with E-state index >= 15 is 0 Å². The van der Waals surface area contributed by atoms with Gasteiger partial charge >= 0.3 is 6.03 Å². The smallest absolute Gasteiger partial charge is 0.319 e. The van der Waals surface area contributed by atoms with Crippen LogP contribution in [-0.4, -0.2) is 85.9 Å². The van der Waals surface area contributed by atoms with Gasteiger partial charge in [-0.3, -0.25) is 4.79 Å². The van der Waals surface area contributed by atoms with Crippen LogP contribution < -0.4 is 15.4 Å². The molecule has 1 aliphatic rings. The fourth-order valence-electron chi connectivity index (χ4n) is 3.54. The topological polar surface area (TPSA) is 128 Å². The molecule has 3 amide bonds. The van der Waals surface area contributed by atoms with Gasteiger partial charge < -0.3 is 25.4 Å². The van der Waals surface area contributed by atoms with E-state index in [0.717, 1.165) is 6.26 Å². The normalized spacial score (nSPS) is 20.4. The number of amides is 3. The van der Waals surface area contributed by atoms with E-state index in [-0.39, 0.29) is 43.5 Å². The van der Waals surface area contributed by atoms with Crippen LogP contribution in [0, 0.1) is 5.92 Å². The molecular formula is C22H36N4O6S. The zero-order valence-corrected chi connectivity index (χ0v) is 21.0. The van der Waals surface area contributed by atoms with Crippen LogP contribution in [0.5, 0.6) is 5.75 Å². The lowest BCUT2D eigenvalue weighted by Crippen LogP contribution is -2.48. The maximum Gasteiger partial charge on any atom is 0.319 e. The number of benzene rings is 1. The summed E-state index contributed by atoms with van der Waals surface area (Å²) in [5, 5.41) is 15.2. The molecule has 0 spiro atoms. The lowest BCUT2D eigenvalue weighted by molar-refractivity contribution is -0.134. The van der Waals surface area contributed by atoms with Gasteiger partial charge in [0.05, 0.1) is 31.9 Å². The first-order chi connectivity index (χ1) is 15.3. The van der Waals surface area contributed by atoms with E-state index in [4.69, 9.17) is 4.74 Å². The SMILES string of the molecule is CC(C)NC(=O)Nc1ccc2c(c1)CC(=O)N([C@@H](C)CO)C[C@H](C)[C@H](CN(C)S(C)(=O)=O)O2. The molecule has 0 radical (unpaired) electrons. The van der Waals surface area contributed by atoms with Gasteiger partial charge in [0.1, 0.15) is 11.9 Å². The summed E-state index contributed by atoms with van der Waals surface area (Å²) >= 11 is 0. The monoisotopic (exact) mass is 484 g/mol. The molecule has 1 aromatic rings. The number of sulfonamides is 1. The molecule has 186 valence electrons. The highest BCUT2D eigenvalue weighted by Gasteiger charge is 2.32. The van der Waals surface area contributed by atoms with Crippen LogP contribution in [0.2, 0.25) is 0 Å². The fourth-order valence-corrected chi connectivity index (χ4v) is 3.96. The zero-order chi connectivity index (χ0) is 24.9. The number of anilines is 1. The number of urea groups is 1. The summed E-state index contributed by atoms with van der Waals surface area (Å²) in [5.41, 5.74) is 1.07. The average molecular weight is 485 g/mol. The minimum atomic E-state index is -3.43. The molecule has 2 rings (SSSR count). The minimum absolute atomic E-state index is 0.0162. The number of rotatable bonds is 7. The van der Waals surface area contributed by atoms with E-state index in [1.165, 1.54) is 11.4 Å². The van der Waals surface area contributed by atoms with Crippen LogP contribution >= 0.6 is 0 Å². The first kappa shape index (κ1) is 26.9. The van der Waals surface area contributed by atoms with Crippen molar-refractivity contribution < 1.29 is 27.9 Å². The van der Waals surface area contributed by atoms with Gasteiger partial charge in [0, 0.05) is 36.8 Å². The maximum atomic E-state index is 13.1. The van der Waals surface area contributed by atoms with Gasteiger partial charge in [0.2, 0.25) is 15.9 Å². The number of nitrogens with one attached hydrogen (secondary N) is 2. The highest BCUT2D eigenvalue weighted by Crippen LogP contribution is 2.29. The third kappa shape index (κ3) is 7.58. The van der Waals surface area contributed by atoms with Crippen molar-refractivity contribution in [3.05, 3.63) is 23.8 Å². The standard InChI is InChI=1S/C22H36N4O6S/c1-14(2)23-22(29)24-18-7-8-19-17(9-18)10-21(28)26(16(4)13-27)11-15(3)20(32-19)12-25(5)33(6,30)31/h7-9,14-16,20,27H,10-13H2,1-6H3,(H2,23,24,29)/t15-,16-,20-/m0/s1. The van der Waals surface area contributed by atoms with E-state index in [9.17, 15) is 23.1 Å². The number of ether oxygens (including phenoxy) is 1. The van der Waals surface area contributed by atoms with Gasteiger partial charge in [0.15, 0.2) is 0 Å². The van der Waals surface area contributed by atoms with Gasteiger partial charge in [-0.25, -0.2) is 17.5 Å². The number of carbonyl (C=O) groups is 2. The average Bonchev–Trinajstić information content (AvgIpc) is 2.74. The zero-order valence-electron chi connectivity index (χ0n) is 20.2. The lowest BCUT2D eigenvalue weighted by Gasteiger charge is -2.33. The Balaban J connectivity index is 2.43. The van der Waals surface area contributed by atoms with Crippen LogP contribution in [0.4, 0.5) is 10.5 Å². The Morgan fingerprint density at radius 2 is 2.00 bits per heavy atom. The summed E-state index contributed by atoms with van der Waals surface area (Å²) in [4.78, 5) is 26.9. The van der Waals surface area contributed by atoms with Gasteiger partial charge in [-0.05, 0) is 39.0 Å². The number of nitrogens with zero attached hydrogens (tertiary/aromatic N) is 2. The number of hydrogen-bond donors (Lipinski definition) is 3. The Kier molecular flexibility index (Phi) is 9.10. The van der Waals surface area contributed by atoms with E-state index in [2.05, 4.69) is 10.6 Å². The molecule has 0 aliphatic carbocycles. The third-order valence-electron chi connectivity index (χ3n) is 5.60. The van der Waals surface area contributed by atoms with Crippen LogP contribution in [0.15, 0.2) is 18.2 Å². The Morgan fingerprint density at radius 1 is 1.33 bits per heavy atom. The molecule has 1 aromatic carbocycles. The van der Waals surface area contributed by atoms with Crippen molar-refractivity contribution in [1.82, 2.24) is 14.5 Å². The Morgan fingerprint density at radius 3 is 2.58 bits per heavy atom. The second-order valence-electron chi connectivity index (χ2n) is 9.01. The quantitative estimate of drug-likeness (QED) is 0.535. The highest BCUT2D eigenvalue weighted by molar-refractivity contribution is 7.88. The number of likely N-dealkylation sites (N-methyl/N-ethyl adjacent to an activating group) is 1. The van der Waals surface area contributed by atoms with Gasteiger partial charge in [0.25, 0.3) is 0 Å². The van der Waals surface area contributed by atoms with Crippen LogP contribution in [0.1, 0.15) is 33.3 Å². The molecule has 3 N–H and O–H groups in total. The van der Waals surface area contributed by atoms with E-state index < -0.39 is 22.2 Å². The van der Waals surface area contributed by atoms with Crippen molar-refractivity contribution in [3.8, 4) is 5.75 Å². The molecule has 1 aliphatic heterocycles. The third-order valence-corrected chi connectivity index (χ3v) is 6.88. The Bertz CT molecular complexity index is 952. The molecular weight excluding hydrogens is 448 g/mol. The summed E-state index contributed by atoms with van der Waals surface area (Å²) in [6.07, 6.45) is 0.609. The molecule has 0 bridgehead atoms. The number of hydrogen-bond acceptors (Lipinski definition) is 6. The van der Waals surface area contributed by atoms with E-state index in [0.29, 0.717) is 23.5 Å². The second-order valence-corrected chi connectivity index (χ2v) is 11.1. The van der Waals surface area contributed by atoms with Crippen molar-refractivity contribution in [3.63, 3.8) is 0 Å². The molecule has 0 unspecified atom stereocenters. The molecule has 10 nitrogen and oxygen atoms in total. The summed E-state index contributed by atoms with van der Waals surface area (Å²) in [5.74, 6) is 0.0530.